The zero-order valence-corrected chi connectivity index (χ0v) is 11.1. The molecular formula is C13H11BrN4. The molecule has 0 saturated carbocycles. The van der Waals surface area contributed by atoms with Crippen molar-refractivity contribution < 1.29 is 0 Å². The first-order valence-corrected chi connectivity index (χ1v) is 6.33. The minimum Gasteiger partial charge on any atom is -0.383 e. The van der Waals surface area contributed by atoms with Gasteiger partial charge in [-0.15, -0.1) is 0 Å². The van der Waals surface area contributed by atoms with Crippen molar-refractivity contribution in [3.05, 3.63) is 52.9 Å². The molecule has 0 aliphatic carbocycles. The molecule has 2 heterocycles. The lowest BCUT2D eigenvalue weighted by Gasteiger charge is -2.07. The summed E-state index contributed by atoms with van der Waals surface area (Å²) >= 11 is 3.36. The Labute approximate surface area is 113 Å². The Morgan fingerprint density at radius 1 is 1.17 bits per heavy atom. The first-order chi connectivity index (χ1) is 8.75. The Hall–Kier alpha value is -1.88. The standard InChI is InChI=1S/C13H11BrN4/c14-12-7-17-18(13(12)15)8-10-6-16-5-9-3-1-2-4-11(9)10/h1-7H,8,15H2. The number of nitrogen functional groups attached to an aromatic ring is 1. The first kappa shape index (κ1) is 11.2. The third kappa shape index (κ3) is 1.86. The lowest BCUT2D eigenvalue weighted by atomic mass is 10.1. The average Bonchev–Trinajstić information content (AvgIpc) is 2.71. The van der Waals surface area contributed by atoms with Gasteiger partial charge < -0.3 is 5.73 Å². The summed E-state index contributed by atoms with van der Waals surface area (Å²) in [4.78, 5) is 4.25. The van der Waals surface area contributed by atoms with Gasteiger partial charge in [0.2, 0.25) is 0 Å². The van der Waals surface area contributed by atoms with Crippen LogP contribution in [0.1, 0.15) is 5.56 Å². The second-order valence-corrected chi connectivity index (χ2v) is 4.91. The van der Waals surface area contributed by atoms with E-state index in [4.69, 9.17) is 5.73 Å². The topological polar surface area (TPSA) is 56.7 Å². The smallest absolute Gasteiger partial charge is 0.136 e. The molecule has 90 valence electrons. The number of anilines is 1. The highest BCUT2D eigenvalue weighted by molar-refractivity contribution is 9.10. The van der Waals surface area contributed by atoms with E-state index in [0.717, 1.165) is 15.4 Å². The minimum absolute atomic E-state index is 0.617. The number of pyridine rings is 1. The number of nitrogens with two attached hydrogens (primary N) is 1. The molecule has 0 radical (unpaired) electrons. The molecule has 1 aromatic carbocycles. The summed E-state index contributed by atoms with van der Waals surface area (Å²) in [6.07, 6.45) is 5.42. The predicted octanol–water partition coefficient (Wildman–Crippen LogP) is 2.82. The van der Waals surface area contributed by atoms with Crippen molar-refractivity contribution in [2.45, 2.75) is 6.54 Å². The highest BCUT2D eigenvalue weighted by Crippen LogP contribution is 2.22. The molecule has 3 rings (SSSR count). The van der Waals surface area contributed by atoms with Crippen LogP contribution < -0.4 is 5.73 Å². The van der Waals surface area contributed by atoms with Gasteiger partial charge in [0.15, 0.2) is 0 Å². The average molecular weight is 303 g/mol. The summed E-state index contributed by atoms with van der Waals surface area (Å²) in [5, 5.41) is 6.54. The Morgan fingerprint density at radius 3 is 2.78 bits per heavy atom. The Bertz CT molecular complexity index is 700. The molecule has 0 unspecified atom stereocenters. The molecule has 0 spiro atoms. The number of halogens is 1. The van der Waals surface area contributed by atoms with Crippen LogP contribution in [0.4, 0.5) is 5.82 Å². The summed E-state index contributed by atoms with van der Waals surface area (Å²) in [6.45, 7) is 0.617. The molecule has 0 saturated heterocycles. The Balaban J connectivity index is 2.08. The number of nitrogens with zero attached hydrogens (tertiary/aromatic N) is 3. The van der Waals surface area contributed by atoms with E-state index in [1.54, 1.807) is 10.9 Å². The minimum atomic E-state index is 0.617. The Morgan fingerprint density at radius 2 is 2.00 bits per heavy atom. The van der Waals surface area contributed by atoms with Crippen molar-refractivity contribution in [1.82, 2.24) is 14.8 Å². The molecule has 0 atom stereocenters. The van der Waals surface area contributed by atoms with E-state index in [9.17, 15) is 0 Å². The molecule has 18 heavy (non-hydrogen) atoms. The first-order valence-electron chi connectivity index (χ1n) is 5.54. The number of hydrogen-bond acceptors (Lipinski definition) is 3. The van der Waals surface area contributed by atoms with Crippen molar-refractivity contribution in [2.24, 2.45) is 0 Å². The third-order valence-electron chi connectivity index (χ3n) is 2.90. The predicted molar refractivity (Wildman–Crippen MR) is 75.2 cm³/mol. The number of benzene rings is 1. The van der Waals surface area contributed by atoms with Crippen LogP contribution in [0.5, 0.6) is 0 Å². The van der Waals surface area contributed by atoms with Gasteiger partial charge in [-0.3, -0.25) is 4.98 Å². The molecule has 3 aromatic rings. The van der Waals surface area contributed by atoms with Crippen molar-refractivity contribution in [2.75, 3.05) is 5.73 Å². The van der Waals surface area contributed by atoms with Crippen molar-refractivity contribution >= 4 is 32.5 Å². The number of fused-ring (bicyclic) bond motifs is 1. The summed E-state index contributed by atoms with van der Waals surface area (Å²) in [6, 6.07) is 8.16. The maximum atomic E-state index is 5.93. The van der Waals surface area contributed by atoms with Crippen LogP contribution in [0.3, 0.4) is 0 Å². The summed E-state index contributed by atoms with van der Waals surface area (Å²) in [5.74, 6) is 0.628. The molecular weight excluding hydrogens is 292 g/mol. The monoisotopic (exact) mass is 302 g/mol. The van der Waals surface area contributed by atoms with Crippen molar-refractivity contribution in [1.29, 1.82) is 0 Å². The number of rotatable bonds is 2. The van der Waals surface area contributed by atoms with Crippen molar-refractivity contribution in [3.63, 3.8) is 0 Å². The molecule has 0 fully saturated rings. The number of hydrogen-bond donors (Lipinski definition) is 1. The Kier molecular flexibility index (Phi) is 2.76. The maximum Gasteiger partial charge on any atom is 0.136 e. The summed E-state index contributed by atoms with van der Waals surface area (Å²) < 4.78 is 2.57. The molecule has 2 N–H and O–H groups in total. The molecule has 0 amide bonds. The highest BCUT2D eigenvalue weighted by atomic mass is 79.9. The van der Waals surface area contributed by atoms with Gasteiger partial charge in [0.05, 0.1) is 17.2 Å². The van der Waals surface area contributed by atoms with Gasteiger partial charge in [-0.05, 0) is 26.9 Å². The quantitative estimate of drug-likeness (QED) is 0.792. The van der Waals surface area contributed by atoms with Crippen LogP contribution in [-0.4, -0.2) is 14.8 Å². The van der Waals surface area contributed by atoms with E-state index in [1.807, 2.05) is 30.6 Å². The molecule has 0 aliphatic heterocycles. The highest BCUT2D eigenvalue weighted by Gasteiger charge is 2.07. The fourth-order valence-corrected chi connectivity index (χ4v) is 2.26. The van der Waals surface area contributed by atoms with E-state index >= 15 is 0 Å². The van der Waals surface area contributed by atoms with Crippen LogP contribution in [0.2, 0.25) is 0 Å². The SMILES string of the molecule is Nc1c(Br)cnn1Cc1cncc2ccccc12. The van der Waals surface area contributed by atoms with E-state index in [0.29, 0.717) is 12.4 Å². The fourth-order valence-electron chi connectivity index (χ4n) is 1.96. The molecule has 5 heteroatoms. The second kappa shape index (κ2) is 4.42. The van der Waals surface area contributed by atoms with Crippen LogP contribution in [0.25, 0.3) is 10.8 Å². The van der Waals surface area contributed by atoms with Gasteiger partial charge in [0, 0.05) is 17.8 Å². The van der Waals surface area contributed by atoms with Gasteiger partial charge in [-0.25, -0.2) is 4.68 Å². The molecule has 0 aliphatic rings. The van der Waals surface area contributed by atoms with Gasteiger partial charge in [-0.1, -0.05) is 24.3 Å². The van der Waals surface area contributed by atoms with E-state index in [1.165, 1.54) is 5.39 Å². The van der Waals surface area contributed by atoms with Crippen LogP contribution in [-0.2, 0) is 6.54 Å². The van der Waals surface area contributed by atoms with Crippen LogP contribution in [0, 0.1) is 0 Å². The second-order valence-electron chi connectivity index (χ2n) is 4.06. The third-order valence-corrected chi connectivity index (χ3v) is 3.52. The van der Waals surface area contributed by atoms with E-state index < -0.39 is 0 Å². The lowest BCUT2D eigenvalue weighted by Crippen LogP contribution is -2.06. The normalized spacial score (nSPS) is 10.9. The van der Waals surface area contributed by atoms with Crippen molar-refractivity contribution in [3.8, 4) is 0 Å². The fraction of sp³-hybridized carbons (Fsp3) is 0.0769. The largest absolute Gasteiger partial charge is 0.383 e. The molecule has 4 nitrogen and oxygen atoms in total. The maximum absolute atomic E-state index is 5.93. The van der Waals surface area contributed by atoms with E-state index in [-0.39, 0.29) is 0 Å². The zero-order valence-electron chi connectivity index (χ0n) is 9.55. The van der Waals surface area contributed by atoms with Gasteiger partial charge in [0.25, 0.3) is 0 Å². The van der Waals surface area contributed by atoms with E-state index in [2.05, 4.69) is 32.1 Å². The molecule has 2 aromatic heterocycles. The molecule has 0 bridgehead atoms. The van der Waals surface area contributed by atoms with Gasteiger partial charge in [-0.2, -0.15) is 5.10 Å². The lowest BCUT2D eigenvalue weighted by molar-refractivity contribution is 0.698. The zero-order chi connectivity index (χ0) is 12.5. The summed E-state index contributed by atoms with van der Waals surface area (Å²) in [5.41, 5.74) is 7.03. The summed E-state index contributed by atoms with van der Waals surface area (Å²) in [7, 11) is 0. The number of aromatic nitrogens is 3. The van der Waals surface area contributed by atoms with Gasteiger partial charge in [0.1, 0.15) is 5.82 Å². The van der Waals surface area contributed by atoms with Crippen LogP contribution in [0.15, 0.2) is 47.3 Å². The van der Waals surface area contributed by atoms with Gasteiger partial charge >= 0.3 is 0 Å². The van der Waals surface area contributed by atoms with Crippen LogP contribution >= 0.6 is 15.9 Å².